The van der Waals surface area contributed by atoms with Gasteiger partial charge in [0, 0.05) is 55.9 Å². The highest BCUT2D eigenvalue weighted by molar-refractivity contribution is 6.06. The third-order valence-corrected chi connectivity index (χ3v) is 6.33. The van der Waals surface area contributed by atoms with Crippen LogP contribution in [0.3, 0.4) is 0 Å². The Morgan fingerprint density at radius 3 is 2.79 bits per heavy atom. The molecule has 4 heterocycles. The van der Waals surface area contributed by atoms with Gasteiger partial charge in [-0.25, -0.2) is 0 Å². The summed E-state index contributed by atoms with van der Waals surface area (Å²) in [5.41, 5.74) is 4.19. The van der Waals surface area contributed by atoms with E-state index in [9.17, 15) is 9.59 Å². The van der Waals surface area contributed by atoms with Gasteiger partial charge in [0.2, 0.25) is 0 Å². The van der Waals surface area contributed by atoms with E-state index >= 15 is 0 Å². The standard InChI is InChI=1S/C24H24N6O3/c1-14-18(12-26-29(14)3)22-11-21(28-33-22)24(32)30-9-8-15(13-30)20-10-17(23(31)25-2)16-6-4-5-7-19(16)27-20/h4-7,10-12,15H,8-9,13H2,1-3H3,(H,25,31)/t15-/m0/s1. The Kier molecular flexibility index (Phi) is 5.16. The number of likely N-dealkylation sites (tertiary alicyclic amines) is 1. The molecule has 1 saturated heterocycles. The summed E-state index contributed by atoms with van der Waals surface area (Å²) in [4.78, 5) is 32.1. The van der Waals surface area contributed by atoms with Crippen molar-refractivity contribution >= 4 is 22.7 Å². The highest BCUT2D eigenvalue weighted by Crippen LogP contribution is 2.31. The van der Waals surface area contributed by atoms with Crippen LogP contribution in [0.2, 0.25) is 0 Å². The summed E-state index contributed by atoms with van der Waals surface area (Å²) in [6.07, 6.45) is 2.46. The molecule has 0 radical (unpaired) electrons. The Hall–Kier alpha value is -4.01. The van der Waals surface area contributed by atoms with Gasteiger partial charge in [-0.3, -0.25) is 19.3 Å². The van der Waals surface area contributed by atoms with Crippen LogP contribution in [-0.4, -0.2) is 56.8 Å². The molecule has 1 aromatic carbocycles. The van der Waals surface area contributed by atoms with Gasteiger partial charge < -0.3 is 14.7 Å². The average molecular weight is 444 g/mol. The molecule has 1 N–H and O–H groups in total. The number of aromatic nitrogens is 4. The fourth-order valence-corrected chi connectivity index (χ4v) is 4.32. The minimum absolute atomic E-state index is 0.0360. The first kappa shape index (κ1) is 20.9. The van der Waals surface area contributed by atoms with Gasteiger partial charge in [0.15, 0.2) is 11.5 Å². The maximum Gasteiger partial charge on any atom is 0.276 e. The molecule has 1 fully saturated rings. The van der Waals surface area contributed by atoms with E-state index in [-0.39, 0.29) is 23.4 Å². The lowest BCUT2D eigenvalue weighted by Crippen LogP contribution is -2.28. The number of hydrogen-bond acceptors (Lipinski definition) is 6. The number of carbonyl (C=O) groups excluding carboxylic acids is 2. The summed E-state index contributed by atoms with van der Waals surface area (Å²) in [5, 5.41) is 11.7. The van der Waals surface area contributed by atoms with Gasteiger partial charge in [-0.15, -0.1) is 0 Å². The van der Waals surface area contributed by atoms with Crippen molar-refractivity contribution in [3.05, 3.63) is 65.2 Å². The third-order valence-electron chi connectivity index (χ3n) is 6.33. The average Bonchev–Trinajstić information content (AvgIpc) is 3.58. The highest BCUT2D eigenvalue weighted by Gasteiger charge is 2.31. The fourth-order valence-electron chi connectivity index (χ4n) is 4.32. The van der Waals surface area contributed by atoms with Crippen molar-refractivity contribution in [2.24, 2.45) is 7.05 Å². The number of hydrogen-bond donors (Lipinski definition) is 1. The van der Waals surface area contributed by atoms with Crippen LogP contribution in [0.25, 0.3) is 22.2 Å². The monoisotopic (exact) mass is 444 g/mol. The molecule has 1 atom stereocenters. The number of fused-ring (bicyclic) bond motifs is 1. The maximum absolute atomic E-state index is 13.1. The minimum atomic E-state index is -0.179. The molecule has 0 saturated carbocycles. The minimum Gasteiger partial charge on any atom is -0.355 e. The van der Waals surface area contributed by atoms with Crippen molar-refractivity contribution in [2.45, 2.75) is 19.3 Å². The van der Waals surface area contributed by atoms with E-state index in [2.05, 4.69) is 15.6 Å². The van der Waals surface area contributed by atoms with Crippen LogP contribution in [0.15, 0.2) is 47.1 Å². The number of nitrogens with one attached hydrogen (secondary N) is 1. The van der Waals surface area contributed by atoms with Crippen LogP contribution in [0.4, 0.5) is 0 Å². The summed E-state index contributed by atoms with van der Waals surface area (Å²) in [7, 11) is 3.47. The number of aryl methyl sites for hydroxylation is 1. The normalized spacial score (nSPS) is 15.8. The summed E-state index contributed by atoms with van der Waals surface area (Å²) in [6, 6.07) is 11.1. The van der Waals surface area contributed by atoms with Crippen LogP contribution in [0.1, 0.15) is 44.6 Å². The summed E-state index contributed by atoms with van der Waals surface area (Å²) in [5.74, 6) is 0.225. The Morgan fingerprint density at radius 2 is 2.03 bits per heavy atom. The molecule has 0 bridgehead atoms. The van der Waals surface area contributed by atoms with Crippen molar-refractivity contribution in [3.63, 3.8) is 0 Å². The lowest BCUT2D eigenvalue weighted by atomic mass is 9.99. The number of carbonyl (C=O) groups is 2. The number of benzene rings is 1. The smallest absolute Gasteiger partial charge is 0.276 e. The predicted molar refractivity (Wildman–Crippen MR) is 122 cm³/mol. The van der Waals surface area contributed by atoms with Gasteiger partial charge in [-0.1, -0.05) is 23.4 Å². The zero-order chi connectivity index (χ0) is 23.1. The van der Waals surface area contributed by atoms with E-state index in [1.807, 2.05) is 44.3 Å². The highest BCUT2D eigenvalue weighted by atomic mass is 16.5. The number of para-hydroxylation sites is 1. The van der Waals surface area contributed by atoms with E-state index < -0.39 is 0 Å². The van der Waals surface area contributed by atoms with E-state index in [0.29, 0.717) is 24.4 Å². The van der Waals surface area contributed by atoms with Crippen LogP contribution < -0.4 is 5.32 Å². The second-order valence-electron chi connectivity index (χ2n) is 8.27. The molecule has 33 heavy (non-hydrogen) atoms. The van der Waals surface area contributed by atoms with Gasteiger partial charge in [0.05, 0.1) is 22.8 Å². The van der Waals surface area contributed by atoms with Gasteiger partial charge in [-0.2, -0.15) is 5.10 Å². The van der Waals surface area contributed by atoms with Crippen LogP contribution in [0.5, 0.6) is 0 Å². The van der Waals surface area contributed by atoms with Crippen molar-refractivity contribution in [2.75, 3.05) is 20.1 Å². The summed E-state index contributed by atoms with van der Waals surface area (Å²) < 4.78 is 7.18. The predicted octanol–water partition coefficient (Wildman–Crippen LogP) is 2.92. The van der Waals surface area contributed by atoms with Crippen LogP contribution >= 0.6 is 0 Å². The molecule has 168 valence electrons. The van der Waals surface area contributed by atoms with Crippen molar-refractivity contribution in [1.29, 1.82) is 0 Å². The second kappa shape index (κ2) is 8.16. The molecule has 0 aliphatic carbocycles. The quantitative estimate of drug-likeness (QED) is 0.519. The SMILES string of the molecule is CNC(=O)c1cc([C@H]2CCN(C(=O)c3cc(-c4cnn(C)c4C)on3)C2)nc2ccccc12. The van der Waals surface area contributed by atoms with E-state index in [1.54, 1.807) is 28.9 Å². The molecule has 4 aromatic rings. The molecular weight excluding hydrogens is 420 g/mol. The zero-order valence-electron chi connectivity index (χ0n) is 18.7. The van der Waals surface area contributed by atoms with E-state index in [4.69, 9.17) is 9.51 Å². The first-order valence-corrected chi connectivity index (χ1v) is 10.8. The molecule has 5 rings (SSSR count). The first-order chi connectivity index (χ1) is 16.0. The lowest BCUT2D eigenvalue weighted by molar-refractivity contribution is 0.0780. The fraction of sp³-hybridized carbons (Fsp3) is 0.292. The molecular formula is C24H24N6O3. The Morgan fingerprint density at radius 1 is 1.21 bits per heavy atom. The van der Waals surface area contributed by atoms with E-state index in [1.165, 1.54) is 0 Å². The summed E-state index contributed by atoms with van der Waals surface area (Å²) in [6.45, 7) is 3.02. The van der Waals surface area contributed by atoms with Crippen molar-refractivity contribution in [3.8, 4) is 11.3 Å². The second-order valence-corrected chi connectivity index (χ2v) is 8.27. The van der Waals surface area contributed by atoms with Gasteiger partial charge in [-0.05, 0) is 25.5 Å². The van der Waals surface area contributed by atoms with E-state index in [0.717, 1.165) is 34.3 Å². The molecule has 1 aliphatic rings. The van der Waals surface area contributed by atoms with Gasteiger partial charge in [0.25, 0.3) is 11.8 Å². The van der Waals surface area contributed by atoms with Gasteiger partial charge in [0.1, 0.15) is 0 Å². The maximum atomic E-state index is 13.1. The Labute approximate surface area is 190 Å². The number of amides is 2. The number of nitrogens with zero attached hydrogens (tertiary/aromatic N) is 5. The topological polar surface area (TPSA) is 106 Å². The third kappa shape index (κ3) is 3.65. The lowest BCUT2D eigenvalue weighted by Gasteiger charge is -2.16. The first-order valence-electron chi connectivity index (χ1n) is 10.8. The van der Waals surface area contributed by atoms with Crippen LogP contribution in [-0.2, 0) is 7.05 Å². The van der Waals surface area contributed by atoms with Crippen molar-refractivity contribution < 1.29 is 14.1 Å². The molecule has 2 amide bonds. The Bertz CT molecular complexity index is 1370. The van der Waals surface area contributed by atoms with Crippen molar-refractivity contribution in [1.82, 2.24) is 30.1 Å². The van der Waals surface area contributed by atoms with Crippen LogP contribution in [0, 0.1) is 6.92 Å². The summed E-state index contributed by atoms with van der Waals surface area (Å²) >= 11 is 0. The molecule has 3 aromatic heterocycles. The number of pyridine rings is 1. The van der Waals surface area contributed by atoms with Gasteiger partial charge >= 0.3 is 0 Å². The molecule has 0 spiro atoms. The Balaban J connectivity index is 1.38. The molecule has 9 heteroatoms. The number of rotatable bonds is 4. The molecule has 1 aliphatic heterocycles. The molecule has 9 nitrogen and oxygen atoms in total. The molecule has 0 unspecified atom stereocenters. The zero-order valence-corrected chi connectivity index (χ0v) is 18.7. The largest absolute Gasteiger partial charge is 0.355 e.